The summed E-state index contributed by atoms with van der Waals surface area (Å²) < 4.78 is 0. The van der Waals surface area contributed by atoms with Crippen LogP contribution < -0.4 is 5.32 Å². The van der Waals surface area contributed by atoms with Crippen LogP contribution >= 0.6 is 0 Å². The van der Waals surface area contributed by atoms with Crippen molar-refractivity contribution in [2.45, 2.75) is 136 Å². The topological polar surface area (TPSA) is 12.0 Å². The minimum atomic E-state index is 1.04. The average Bonchev–Trinajstić information content (AvgIpc) is 2.63. The van der Waals surface area contributed by atoms with Crippen molar-refractivity contribution in [3.8, 4) is 0 Å². The zero-order valence-electron chi connectivity index (χ0n) is 17.8. The third-order valence-corrected chi connectivity index (χ3v) is 5.16. The van der Waals surface area contributed by atoms with Gasteiger partial charge in [0.05, 0.1) is 0 Å². The molecule has 150 valence electrons. The van der Waals surface area contributed by atoms with Crippen LogP contribution in [0.1, 0.15) is 136 Å². The van der Waals surface area contributed by atoms with E-state index in [0.29, 0.717) is 0 Å². The molecule has 1 heteroatoms. The van der Waals surface area contributed by atoms with Gasteiger partial charge >= 0.3 is 0 Å². The fraction of sp³-hybridized carbons (Fsp3) is 0.917. The minimum Gasteiger partial charge on any atom is -0.391 e. The van der Waals surface area contributed by atoms with Crippen molar-refractivity contribution in [1.82, 2.24) is 5.32 Å². The van der Waals surface area contributed by atoms with Crippen molar-refractivity contribution >= 4 is 0 Å². The van der Waals surface area contributed by atoms with E-state index >= 15 is 0 Å². The first kappa shape index (κ1) is 24.5. The second-order valence-electron chi connectivity index (χ2n) is 7.76. The summed E-state index contributed by atoms with van der Waals surface area (Å²) in [6.07, 6.45) is 31.8. The van der Waals surface area contributed by atoms with E-state index in [-0.39, 0.29) is 0 Å². The fourth-order valence-corrected chi connectivity index (χ4v) is 3.45. The molecule has 0 atom stereocenters. The highest BCUT2D eigenvalue weighted by Gasteiger charge is 1.94. The highest BCUT2D eigenvalue weighted by atomic mass is 14.8. The molecule has 0 bridgehead atoms. The van der Waals surface area contributed by atoms with E-state index in [1.807, 2.05) is 0 Å². The van der Waals surface area contributed by atoms with Gasteiger partial charge < -0.3 is 5.32 Å². The molecular formula is C24H49N. The summed E-state index contributed by atoms with van der Waals surface area (Å²) in [6.45, 7) is 5.48. The second kappa shape index (κ2) is 23.5. The molecule has 0 aliphatic heterocycles. The zero-order valence-corrected chi connectivity index (χ0v) is 17.8. The molecule has 0 unspecified atom stereocenters. The molecule has 0 aromatic heterocycles. The van der Waals surface area contributed by atoms with Gasteiger partial charge in [-0.05, 0) is 26.0 Å². The highest BCUT2D eigenvalue weighted by molar-refractivity contribution is 4.78. The van der Waals surface area contributed by atoms with Crippen molar-refractivity contribution < 1.29 is 0 Å². The quantitative estimate of drug-likeness (QED) is 0.204. The molecule has 25 heavy (non-hydrogen) atoms. The third-order valence-electron chi connectivity index (χ3n) is 5.16. The maximum atomic E-state index is 3.23. The first-order valence-corrected chi connectivity index (χ1v) is 11.8. The Labute approximate surface area is 160 Å². The molecule has 0 radical (unpaired) electrons. The first-order chi connectivity index (χ1) is 12.4. The molecule has 0 aliphatic rings. The molecule has 1 nitrogen and oxygen atoms in total. The van der Waals surface area contributed by atoms with Gasteiger partial charge in [-0.3, -0.25) is 0 Å². The van der Waals surface area contributed by atoms with Crippen LogP contribution in [-0.4, -0.2) is 6.54 Å². The summed E-state index contributed by atoms with van der Waals surface area (Å²) in [7, 11) is 0. The van der Waals surface area contributed by atoms with Crippen molar-refractivity contribution in [3.63, 3.8) is 0 Å². The van der Waals surface area contributed by atoms with E-state index < -0.39 is 0 Å². The van der Waals surface area contributed by atoms with Gasteiger partial charge in [-0.25, -0.2) is 0 Å². The SMILES string of the molecule is CCCCCCCCCCCCCCCCCCCCC=CNCC. The number of rotatable bonds is 21. The van der Waals surface area contributed by atoms with Gasteiger partial charge in [0.15, 0.2) is 0 Å². The number of allylic oxidation sites excluding steroid dienone is 1. The molecular weight excluding hydrogens is 302 g/mol. The summed E-state index contributed by atoms with van der Waals surface area (Å²) >= 11 is 0. The standard InChI is InChI=1S/C24H49N/c1-3-5-6-7-8-9-10-11-12-13-14-15-16-17-18-19-20-21-22-23-24-25-4-2/h23-25H,3-22H2,1-2H3. The lowest BCUT2D eigenvalue weighted by Gasteiger charge is -2.03. The van der Waals surface area contributed by atoms with Crippen LogP contribution in [-0.2, 0) is 0 Å². The number of unbranched alkanes of at least 4 members (excludes halogenated alkanes) is 18. The van der Waals surface area contributed by atoms with Gasteiger partial charge in [0.1, 0.15) is 0 Å². The minimum absolute atomic E-state index is 1.04. The van der Waals surface area contributed by atoms with Crippen LogP contribution in [0.5, 0.6) is 0 Å². The predicted molar refractivity (Wildman–Crippen MR) is 116 cm³/mol. The van der Waals surface area contributed by atoms with E-state index in [9.17, 15) is 0 Å². The smallest absolute Gasteiger partial charge is 0.0112 e. The Morgan fingerprint density at radius 3 is 1.20 bits per heavy atom. The van der Waals surface area contributed by atoms with Crippen LogP contribution in [0, 0.1) is 0 Å². The Kier molecular flexibility index (Phi) is 23.1. The first-order valence-electron chi connectivity index (χ1n) is 11.8. The monoisotopic (exact) mass is 351 g/mol. The van der Waals surface area contributed by atoms with Gasteiger partial charge in [-0.1, -0.05) is 122 Å². The van der Waals surface area contributed by atoms with E-state index in [4.69, 9.17) is 0 Å². The Morgan fingerprint density at radius 1 is 0.480 bits per heavy atom. The van der Waals surface area contributed by atoms with Crippen molar-refractivity contribution in [1.29, 1.82) is 0 Å². The summed E-state index contributed by atoms with van der Waals surface area (Å²) in [4.78, 5) is 0. The predicted octanol–water partition coefficient (Wildman–Crippen LogP) is 8.54. The number of hydrogen-bond donors (Lipinski definition) is 1. The normalized spacial score (nSPS) is 11.4. The molecule has 0 aliphatic carbocycles. The lowest BCUT2D eigenvalue weighted by molar-refractivity contribution is 0.525. The van der Waals surface area contributed by atoms with Crippen LogP contribution in [0.15, 0.2) is 12.3 Å². The lowest BCUT2D eigenvalue weighted by Crippen LogP contribution is -2.01. The number of hydrogen-bond acceptors (Lipinski definition) is 1. The van der Waals surface area contributed by atoms with E-state index in [0.717, 1.165) is 6.54 Å². The van der Waals surface area contributed by atoms with Crippen LogP contribution in [0.2, 0.25) is 0 Å². The Bertz CT molecular complexity index is 246. The zero-order chi connectivity index (χ0) is 18.3. The number of nitrogens with one attached hydrogen (secondary N) is 1. The molecule has 0 amide bonds. The summed E-state index contributed by atoms with van der Waals surface area (Å²) in [5, 5.41) is 3.23. The lowest BCUT2D eigenvalue weighted by atomic mass is 10.0. The molecule has 0 saturated carbocycles. The molecule has 0 heterocycles. The largest absolute Gasteiger partial charge is 0.391 e. The molecule has 0 rings (SSSR count). The van der Waals surface area contributed by atoms with Gasteiger partial charge in [0, 0.05) is 6.54 Å². The third kappa shape index (κ3) is 23.5. The van der Waals surface area contributed by atoms with Crippen LogP contribution in [0.3, 0.4) is 0 Å². The van der Waals surface area contributed by atoms with Gasteiger partial charge in [0.2, 0.25) is 0 Å². The Morgan fingerprint density at radius 2 is 0.840 bits per heavy atom. The summed E-state index contributed by atoms with van der Waals surface area (Å²) in [6, 6.07) is 0. The molecule has 1 N–H and O–H groups in total. The molecule has 0 saturated heterocycles. The molecule has 0 spiro atoms. The second-order valence-corrected chi connectivity index (χ2v) is 7.76. The van der Waals surface area contributed by atoms with E-state index in [2.05, 4.69) is 31.4 Å². The van der Waals surface area contributed by atoms with Crippen LogP contribution in [0.4, 0.5) is 0 Å². The molecule has 0 fully saturated rings. The van der Waals surface area contributed by atoms with Gasteiger partial charge in [-0.2, -0.15) is 0 Å². The maximum absolute atomic E-state index is 3.23. The van der Waals surface area contributed by atoms with Gasteiger partial charge in [0.25, 0.3) is 0 Å². The molecule has 0 aromatic carbocycles. The molecule has 0 aromatic rings. The Balaban J connectivity index is 2.98. The fourth-order valence-electron chi connectivity index (χ4n) is 3.45. The summed E-state index contributed by atoms with van der Waals surface area (Å²) in [5.74, 6) is 0. The summed E-state index contributed by atoms with van der Waals surface area (Å²) in [5.41, 5.74) is 0. The van der Waals surface area contributed by atoms with Gasteiger partial charge in [-0.15, -0.1) is 0 Å². The Hall–Kier alpha value is -0.460. The average molecular weight is 352 g/mol. The highest BCUT2D eigenvalue weighted by Crippen LogP contribution is 2.14. The van der Waals surface area contributed by atoms with Crippen molar-refractivity contribution in [3.05, 3.63) is 12.3 Å². The van der Waals surface area contributed by atoms with Crippen molar-refractivity contribution in [2.75, 3.05) is 6.54 Å². The van der Waals surface area contributed by atoms with E-state index in [1.54, 1.807) is 0 Å². The maximum Gasteiger partial charge on any atom is 0.0112 e. The van der Waals surface area contributed by atoms with Crippen molar-refractivity contribution in [2.24, 2.45) is 0 Å². The van der Waals surface area contributed by atoms with E-state index in [1.165, 1.54) is 122 Å². The van der Waals surface area contributed by atoms with Crippen LogP contribution in [0.25, 0.3) is 0 Å².